The van der Waals surface area contributed by atoms with Crippen molar-refractivity contribution in [1.29, 1.82) is 0 Å². The minimum absolute atomic E-state index is 0.0833. The average molecular weight is 240 g/mol. The van der Waals surface area contributed by atoms with E-state index in [0.29, 0.717) is 6.54 Å². The van der Waals surface area contributed by atoms with Crippen LogP contribution in [0.5, 0.6) is 0 Å². The molecule has 0 bridgehead atoms. The molecule has 1 rings (SSSR count). The third kappa shape index (κ3) is 6.29. The lowest BCUT2D eigenvalue weighted by atomic mass is 10.1. The number of rotatable bonds is 3. The fourth-order valence-electron chi connectivity index (χ4n) is 0.755. The smallest absolute Gasteiger partial charge is 0.335 e. The zero-order valence-corrected chi connectivity index (χ0v) is 9.46. The maximum Gasteiger partial charge on any atom is 0.335 e. The molecule has 1 aromatic carbocycles. The van der Waals surface area contributed by atoms with Crippen molar-refractivity contribution in [2.75, 3.05) is 6.54 Å². The molecule has 17 heavy (non-hydrogen) atoms. The molecule has 0 saturated heterocycles. The van der Waals surface area contributed by atoms with Crippen molar-refractivity contribution in [2.24, 2.45) is 11.5 Å². The number of nitrogens with two attached hydrogens (primary N) is 2. The predicted octanol–water partition coefficient (Wildman–Crippen LogP) is 0.375. The summed E-state index contributed by atoms with van der Waals surface area (Å²) in [5.74, 6) is -2.13. The number of hydrogen-bond acceptors (Lipinski definition) is 4. The van der Waals surface area contributed by atoms with E-state index in [0.717, 1.165) is 0 Å². The first-order valence-corrected chi connectivity index (χ1v) is 4.90. The van der Waals surface area contributed by atoms with Gasteiger partial charge in [0.25, 0.3) is 0 Å². The summed E-state index contributed by atoms with van der Waals surface area (Å²) in [5.41, 5.74) is 10.4. The van der Waals surface area contributed by atoms with Crippen LogP contribution in [0.4, 0.5) is 0 Å². The van der Waals surface area contributed by atoms with Crippen molar-refractivity contribution in [1.82, 2.24) is 0 Å². The SMILES string of the molecule is CC(N)CN.O=C(O)c1ccc(C(=O)O)cc1. The number of hydrogen-bond donors (Lipinski definition) is 4. The maximum atomic E-state index is 10.3. The number of carbonyl (C=O) groups is 2. The largest absolute Gasteiger partial charge is 0.478 e. The first-order valence-electron chi connectivity index (χ1n) is 4.90. The Morgan fingerprint density at radius 3 is 1.47 bits per heavy atom. The number of carboxylic acid groups (broad SMARTS) is 2. The highest BCUT2D eigenvalue weighted by molar-refractivity contribution is 5.91. The molecule has 0 amide bonds. The first-order chi connectivity index (χ1) is 7.88. The van der Waals surface area contributed by atoms with Gasteiger partial charge in [-0.2, -0.15) is 0 Å². The predicted molar refractivity (Wildman–Crippen MR) is 63.1 cm³/mol. The van der Waals surface area contributed by atoms with Crippen LogP contribution in [0.3, 0.4) is 0 Å². The van der Waals surface area contributed by atoms with Crippen LogP contribution in [-0.4, -0.2) is 34.7 Å². The minimum Gasteiger partial charge on any atom is -0.478 e. The Labute approximate surface area is 98.9 Å². The molecule has 0 aromatic heterocycles. The summed E-state index contributed by atoms with van der Waals surface area (Å²) < 4.78 is 0. The van der Waals surface area contributed by atoms with Gasteiger partial charge in [0.15, 0.2) is 0 Å². The second-order valence-electron chi connectivity index (χ2n) is 3.40. The van der Waals surface area contributed by atoms with Crippen LogP contribution in [0.25, 0.3) is 0 Å². The molecule has 1 atom stereocenters. The van der Waals surface area contributed by atoms with Crippen LogP contribution in [0.1, 0.15) is 27.6 Å². The molecular formula is C11H16N2O4. The van der Waals surface area contributed by atoms with Crippen LogP contribution >= 0.6 is 0 Å². The van der Waals surface area contributed by atoms with Gasteiger partial charge in [-0.15, -0.1) is 0 Å². The number of aromatic carboxylic acids is 2. The summed E-state index contributed by atoms with van der Waals surface area (Å²) in [6.45, 7) is 2.46. The number of benzene rings is 1. The van der Waals surface area contributed by atoms with Gasteiger partial charge >= 0.3 is 11.9 Å². The van der Waals surface area contributed by atoms with Crippen molar-refractivity contribution < 1.29 is 19.8 Å². The van der Waals surface area contributed by atoms with Gasteiger partial charge in [-0.3, -0.25) is 0 Å². The van der Waals surface area contributed by atoms with E-state index in [1.807, 2.05) is 6.92 Å². The molecule has 0 aliphatic carbocycles. The molecule has 0 aliphatic heterocycles. The van der Waals surface area contributed by atoms with Crippen LogP contribution in [-0.2, 0) is 0 Å². The Balaban J connectivity index is 0.000000437. The van der Waals surface area contributed by atoms with Gasteiger partial charge in [0, 0.05) is 12.6 Å². The maximum absolute atomic E-state index is 10.3. The zero-order chi connectivity index (χ0) is 13.4. The molecule has 0 saturated carbocycles. The van der Waals surface area contributed by atoms with Crippen LogP contribution in [0.15, 0.2) is 24.3 Å². The Morgan fingerprint density at radius 1 is 1.12 bits per heavy atom. The third-order valence-electron chi connectivity index (χ3n) is 1.75. The van der Waals surface area contributed by atoms with Crippen LogP contribution in [0, 0.1) is 0 Å². The third-order valence-corrected chi connectivity index (χ3v) is 1.75. The van der Waals surface area contributed by atoms with E-state index in [-0.39, 0.29) is 17.2 Å². The molecule has 1 aromatic rings. The van der Waals surface area contributed by atoms with Crippen molar-refractivity contribution in [3.63, 3.8) is 0 Å². The summed E-state index contributed by atoms with van der Waals surface area (Å²) in [5, 5.41) is 16.9. The van der Waals surface area contributed by atoms with Crippen LogP contribution < -0.4 is 11.5 Å². The molecule has 94 valence electrons. The highest BCUT2D eigenvalue weighted by Crippen LogP contribution is 2.03. The summed E-state index contributed by atoms with van der Waals surface area (Å²) >= 11 is 0. The summed E-state index contributed by atoms with van der Waals surface area (Å²) in [6, 6.07) is 5.18. The highest BCUT2D eigenvalue weighted by Gasteiger charge is 2.04. The molecule has 6 N–H and O–H groups in total. The lowest BCUT2D eigenvalue weighted by Crippen LogP contribution is -2.25. The molecule has 6 nitrogen and oxygen atoms in total. The van der Waals surface area contributed by atoms with E-state index in [1.54, 1.807) is 0 Å². The van der Waals surface area contributed by atoms with Gasteiger partial charge in [0.1, 0.15) is 0 Å². The molecule has 0 heterocycles. The number of carboxylic acids is 2. The van der Waals surface area contributed by atoms with E-state index in [4.69, 9.17) is 21.7 Å². The molecular weight excluding hydrogens is 224 g/mol. The Bertz CT molecular complexity index is 341. The standard InChI is InChI=1S/C8H6O4.C3H10N2/c9-7(10)5-1-2-6(4-3-5)8(11)12;1-3(5)2-4/h1-4H,(H,9,10)(H,11,12);3H,2,4-5H2,1H3. The fourth-order valence-corrected chi connectivity index (χ4v) is 0.755. The zero-order valence-electron chi connectivity index (χ0n) is 9.46. The Kier molecular flexibility index (Phi) is 6.54. The van der Waals surface area contributed by atoms with Gasteiger partial charge in [-0.1, -0.05) is 0 Å². The van der Waals surface area contributed by atoms with Gasteiger partial charge in [-0.25, -0.2) is 9.59 Å². The molecule has 0 radical (unpaired) electrons. The van der Waals surface area contributed by atoms with Gasteiger partial charge < -0.3 is 21.7 Å². The average Bonchev–Trinajstić information content (AvgIpc) is 2.29. The molecule has 0 aliphatic rings. The van der Waals surface area contributed by atoms with Crippen molar-refractivity contribution in [2.45, 2.75) is 13.0 Å². The lowest BCUT2D eigenvalue weighted by molar-refractivity contribution is 0.0681. The van der Waals surface area contributed by atoms with E-state index < -0.39 is 11.9 Å². The summed E-state index contributed by atoms with van der Waals surface area (Å²) in [7, 11) is 0. The van der Waals surface area contributed by atoms with Gasteiger partial charge in [0.05, 0.1) is 11.1 Å². The van der Waals surface area contributed by atoms with E-state index in [9.17, 15) is 9.59 Å². The minimum atomic E-state index is -1.06. The monoisotopic (exact) mass is 240 g/mol. The van der Waals surface area contributed by atoms with Crippen molar-refractivity contribution >= 4 is 11.9 Å². The fraction of sp³-hybridized carbons (Fsp3) is 0.273. The normalized spacial score (nSPS) is 11.0. The molecule has 1 unspecified atom stereocenters. The topological polar surface area (TPSA) is 127 Å². The lowest BCUT2D eigenvalue weighted by Gasteiger charge is -1.94. The summed E-state index contributed by atoms with van der Waals surface area (Å²) in [4.78, 5) is 20.7. The Morgan fingerprint density at radius 2 is 1.35 bits per heavy atom. The molecule has 0 fully saturated rings. The molecule has 6 heteroatoms. The van der Waals surface area contributed by atoms with E-state index in [1.165, 1.54) is 24.3 Å². The van der Waals surface area contributed by atoms with Gasteiger partial charge in [-0.05, 0) is 31.2 Å². The van der Waals surface area contributed by atoms with Crippen molar-refractivity contribution in [3.05, 3.63) is 35.4 Å². The second kappa shape index (κ2) is 7.37. The van der Waals surface area contributed by atoms with Gasteiger partial charge in [0.2, 0.25) is 0 Å². The first kappa shape index (κ1) is 15.1. The quantitative estimate of drug-likeness (QED) is 0.604. The summed E-state index contributed by atoms with van der Waals surface area (Å²) in [6.07, 6.45) is 0. The Hall–Kier alpha value is -1.92. The van der Waals surface area contributed by atoms with E-state index in [2.05, 4.69) is 0 Å². The second-order valence-corrected chi connectivity index (χ2v) is 3.40. The molecule has 0 spiro atoms. The van der Waals surface area contributed by atoms with E-state index >= 15 is 0 Å². The van der Waals surface area contributed by atoms with Crippen LogP contribution in [0.2, 0.25) is 0 Å². The van der Waals surface area contributed by atoms with Crippen molar-refractivity contribution in [3.8, 4) is 0 Å². The highest BCUT2D eigenvalue weighted by atomic mass is 16.4.